The minimum Gasteiger partial charge on any atom is -0.309 e. The third-order valence-electron chi connectivity index (χ3n) is 4.37. The average Bonchev–Trinajstić information content (AvgIpc) is 2.91. The minimum atomic E-state index is -2.80. The lowest BCUT2D eigenvalue weighted by atomic mass is 10.1. The van der Waals surface area contributed by atoms with Crippen LogP contribution in [0, 0.1) is 6.92 Å². The topological polar surface area (TPSA) is 17.1 Å². The summed E-state index contributed by atoms with van der Waals surface area (Å²) in [6, 6.07) is 26.2. The highest BCUT2D eigenvalue weighted by Gasteiger charge is 2.38. The number of aryl methyl sites for hydroxylation is 1. The van der Waals surface area contributed by atoms with Gasteiger partial charge >= 0.3 is 0 Å². The number of hydrogen-bond donors (Lipinski definition) is 0. The fourth-order valence-corrected chi connectivity index (χ4v) is 6.21. The Morgan fingerprint density at radius 1 is 0.739 bits per heavy atom. The van der Waals surface area contributed by atoms with E-state index in [0.717, 1.165) is 27.1 Å². The fourth-order valence-electron chi connectivity index (χ4n) is 3.17. The van der Waals surface area contributed by atoms with Crippen LogP contribution >= 0.6 is 7.14 Å². The monoisotopic (exact) mass is 316 g/mol. The van der Waals surface area contributed by atoms with Gasteiger partial charge in [0.25, 0.3) is 0 Å². The Bertz CT molecular complexity index is 937. The van der Waals surface area contributed by atoms with Crippen LogP contribution in [-0.4, -0.2) is 0 Å². The summed E-state index contributed by atoms with van der Waals surface area (Å²) in [5.41, 5.74) is 3.31. The third-order valence-corrected chi connectivity index (χ3v) is 7.55. The molecule has 2 heteroatoms. The lowest BCUT2D eigenvalue weighted by Gasteiger charge is -2.19. The van der Waals surface area contributed by atoms with Crippen molar-refractivity contribution in [3.8, 4) is 0 Å². The van der Waals surface area contributed by atoms with E-state index in [1.54, 1.807) is 0 Å². The van der Waals surface area contributed by atoms with Gasteiger partial charge in [-0.2, -0.15) is 0 Å². The summed E-state index contributed by atoms with van der Waals surface area (Å²) in [5.74, 6) is 0. The molecule has 0 fully saturated rings. The van der Waals surface area contributed by atoms with E-state index in [9.17, 15) is 4.57 Å². The summed E-state index contributed by atoms with van der Waals surface area (Å²) in [5, 5.41) is 2.78. The summed E-state index contributed by atoms with van der Waals surface area (Å²) < 4.78 is 14.2. The molecule has 0 saturated carbocycles. The van der Waals surface area contributed by atoms with Crippen LogP contribution in [0.25, 0.3) is 11.4 Å². The van der Waals surface area contributed by atoms with Crippen LogP contribution in [-0.2, 0) is 4.57 Å². The van der Waals surface area contributed by atoms with Gasteiger partial charge in [-0.25, -0.2) is 0 Å². The SMILES string of the molecule is Cc1ccc(C2=Cc3ccccc3P2(=O)c2ccccc2)cc1. The second kappa shape index (κ2) is 5.37. The molecule has 1 nitrogen and oxygen atoms in total. The van der Waals surface area contributed by atoms with Gasteiger partial charge in [0.05, 0.1) is 0 Å². The van der Waals surface area contributed by atoms with Crippen LogP contribution in [0.2, 0.25) is 0 Å². The maximum absolute atomic E-state index is 14.2. The zero-order valence-corrected chi connectivity index (χ0v) is 13.8. The number of hydrogen-bond acceptors (Lipinski definition) is 1. The summed E-state index contributed by atoms with van der Waals surface area (Å²) in [6.45, 7) is 2.07. The molecule has 1 heterocycles. The molecule has 0 aromatic heterocycles. The maximum atomic E-state index is 14.2. The summed E-state index contributed by atoms with van der Waals surface area (Å²) >= 11 is 0. The zero-order valence-electron chi connectivity index (χ0n) is 12.9. The molecule has 0 aliphatic carbocycles. The van der Waals surface area contributed by atoms with Gasteiger partial charge in [0, 0.05) is 15.9 Å². The van der Waals surface area contributed by atoms with Crippen molar-refractivity contribution >= 4 is 29.1 Å². The normalized spacial score (nSPS) is 19.3. The Balaban J connectivity index is 1.98. The molecule has 1 aliphatic rings. The standard InChI is InChI=1S/C21H17OP/c1-16-11-13-17(14-12-16)21-15-18-7-5-6-10-20(18)23(21,22)19-8-3-2-4-9-19/h2-15H,1H3. The van der Waals surface area contributed by atoms with E-state index in [-0.39, 0.29) is 0 Å². The second-order valence-electron chi connectivity index (χ2n) is 5.90. The smallest absolute Gasteiger partial charge is 0.172 e. The molecule has 0 saturated heterocycles. The van der Waals surface area contributed by atoms with Crippen molar-refractivity contribution in [2.45, 2.75) is 6.92 Å². The molecular formula is C21H17OP. The molecule has 0 amide bonds. The summed E-state index contributed by atoms with van der Waals surface area (Å²) in [7, 11) is -2.80. The van der Waals surface area contributed by atoms with Crippen LogP contribution in [0.1, 0.15) is 16.7 Å². The summed E-state index contributed by atoms with van der Waals surface area (Å²) in [6.07, 6.45) is 2.09. The highest BCUT2D eigenvalue weighted by Crippen LogP contribution is 2.61. The Morgan fingerprint density at radius 3 is 2.13 bits per heavy atom. The molecule has 3 aromatic rings. The largest absolute Gasteiger partial charge is 0.309 e. The Morgan fingerprint density at radius 2 is 1.39 bits per heavy atom. The van der Waals surface area contributed by atoms with Gasteiger partial charge in [0.2, 0.25) is 0 Å². The first-order chi connectivity index (χ1) is 11.2. The molecule has 1 aliphatic heterocycles. The Hall–Kier alpha value is -2.37. The number of fused-ring (bicyclic) bond motifs is 1. The van der Waals surface area contributed by atoms with E-state index in [1.165, 1.54) is 5.56 Å². The molecule has 0 N–H and O–H groups in total. The van der Waals surface area contributed by atoms with E-state index in [2.05, 4.69) is 37.3 Å². The van der Waals surface area contributed by atoms with Crippen molar-refractivity contribution < 1.29 is 4.57 Å². The lowest BCUT2D eigenvalue weighted by molar-refractivity contribution is 0.593. The third kappa shape index (κ3) is 2.20. The van der Waals surface area contributed by atoms with Crippen LogP contribution in [0.3, 0.4) is 0 Å². The van der Waals surface area contributed by atoms with Gasteiger partial charge < -0.3 is 4.57 Å². The molecule has 4 rings (SSSR count). The minimum absolute atomic E-state index is 0.900. The molecule has 0 spiro atoms. The predicted octanol–water partition coefficient (Wildman–Crippen LogP) is 4.82. The van der Waals surface area contributed by atoms with Gasteiger partial charge in [-0.15, -0.1) is 0 Å². The molecule has 1 unspecified atom stereocenters. The van der Waals surface area contributed by atoms with Crippen LogP contribution < -0.4 is 10.6 Å². The summed E-state index contributed by atoms with van der Waals surface area (Å²) in [4.78, 5) is 0. The van der Waals surface area contributed by atoms with E-state index in [4.69, 9.17) is 0 Å². The van der Waals surface area contributed by atoms with E-state index in [1.807, 2.05) is 54.6 Å². The fraction of sp³-hybridized carbons (Fsp3) is 0.0476. The molecule has 0 bridgehead atoms. The van der Waals surface area contributed by atoms with Crippen LogP contribution in [0.5, 0.6) is 0 Å². The zero-order chi connectivity index (χ0) is 15.9. The van der Waals surface area contributed by atoms with E-state index >= 15 is 0 Å². The van der Waals surface area contributed by atoms with E-state index in [0.29, 0.717) is 0 Å². The highest BCUT2D eigenvalue weighted by molar-refractivity contribution is 7.88. The number of benzene rings is 3. The van der Waals surface area contributed by atoms with Crippen molar-refractivity contribution in [3.05, 3.63) is 95.6 Å². The lowest BCUT2D eigenvalue weighted by Crippen LogP contribution is -2.15. The Kier molecular flexibility index (Phi) is 3.32. The predicted molar refractivity (Wildman–Crippen MR) is 98.8 cm³/mol. The molecule has 1 atom stereocenters. The quantitative estimate of drug-likeness (QED) is 0.619. The molecule has 23 heavy (non-hydrogen) atoms. The Labute approximate surface area is 136 Å². The number of rotatable bonds is 2. The molecular weight excluding hydrogens is 299 g/mol. The second-order valence-corrected chi connectivity index (χ2v) is 8.60. The van der Waals surface area contributed by atoms with Crippen molar-refractivity contribution in [1.82, 2.24) is 0 Å². The van der Waals surface area contributed by atoms with Gasteiger partial charge in [-0.1, -0.05) is 84.4 Å². The molecule has 0 radical (unpaired) electrons. The maximum Gasteiger partial charge on any atom is 0.172 e. The first kappa shape index (κ1) is 14.2. The van der Waals surface area contributed by atoms with Gasteiger partial charge in [-0.3, -0.25) is 0 Å². The first-order valence-electron chi connectivity index (χ1n) is 7.74. The van der Waals surface area contributed by atoms with Crippen molar-refractivity contribution in [2.75, 3.05) is 0 Å². The van der Waals surface area contributed by atoms with Gasteiger partial charge in [0.1, 0.15) is 0 Å². The first-order valence-corrected chi connectivity index (χ1v) is 9.45. The van der Waals surface area contributed by atoms with Crippen molar-refractivity contribution in [2.24, 2.45) is 0 Å². The van der Waals surface area contributed by atoms with Crippen molar-refractivity contribution in [3.63, 3.8) is 0 Å². The van der Waals surface area contributed by atoms with Crippen LogP contribution in [0.4, 0.5) is 0 Å². The van der Waals surface area contributed by atoms with Crippen molar-refractivity contribution in [1.29, 1.82) is 0 Å². The van der Waals surface area contributed by atoms with Gasteiger partial charge in [-0.05, 0) is 24.1 Å². The average molecular weight is 316 g/mol. The van der Waals surface area contributed by atoms with Gasteiger partial charge in [0.15, 0.2) is 7.14 Å². The molecule has 3 aromatic carbocycles. The molecule has 112 valence electrons. The van der Waals surface area contributed by atoms with Crippen LogP contribution in [0.15, 0.2) is 78.9 Å². The highest BCUT2D eigenvalue weighted by atomic mass is 31.2. The van der Waals surface area contributed by atoms with E-state index < -0.39 is 7.14 Å².